The van der Waals surface area contributed by atoms with Gasteiger partial charge in [0.05, 0.1) is 13.2 Å². The third-order valence-electron chi connectivity index (χ3n) is 2.75. The Morgan fingerprint density at radius 2 is 2.29 bits per heavy atom. The Labute approximate surface area is 86.4 Å². The van der Waals surface area contributed by atoms with E-state index in [2.05, 4.69) is 13.8 Å². The molecule has 0 aromatic carbocycles. The van der Waals surface area contributed by atoms with Gasteiger partial charge in [-0.2, -0.15) is 0 Å². The highest BCUT2D eigenvalue weighted by Crippen LogP contribution is 2.18. The highest BCUT2D eigenvalue weighted by Gasteiger charge is 2.25. The number of hydroxylamine groups is 2. The first-order chi connectivity index (χ1) is 6.79. The zero-order valence-corrected chi connectivity index (χ0v) is 9.29. The molecule has 0 aromatic rings. The van der Waals surface area contributed by atoms with Crippen molar-refractivity contribution in [1.82, 2.24) is 5.06 Å². The van der Waals surface area contributed by atoms with Crippen LogP contribution < -0.4 is 0 Å². The maximum absolute atomic E-state index is 11.9. The van der Waals surface area contributed by atoms with Crippen LogP contribution in [0.1, 0.15) is 46.0 Å². The lowest BCUT2D eigenvalue weighted by atomic mass is 9.98. The number of nitrogens with zero attached hydrogens (tertiary/aromatic N) is 1. The Kier molecular flexibility index (Phi) is 4.94. The summed E-state index contributed by atoms with van der Waals surface area (Å²) in [7, 11) is 0. The third kappa shape index (κ3) is 2.98. The van der Waals surface area contributed by atoms with Crippen LogP contribution in [0.15, 0.2) is 0 Å². The normalized spacial score (nSPS) is 18.6. The van der Waals surface area contributed by atoms with Crippen LogP contribution in [0.4, 0.5) is 0 Å². The van der Waals surface area contributed by atoms with Crippen LogP contribution in [0.25, 0.3) is 0 Å². The lowest BCUT2D eigenvalue weighted by molar-refractivity contribution is -0.173. The van der Waals surface area contributed by atoms with Gasteiger partial charge in [0.15, 0.2) is 0 Å². The maximum Gasteiger partial charge on any atom is 0.249 e. The van der Waals surface area contributed by atoms with Crippen molar-refractivity contribution in [1.29, 1.82) is 0 Å². The van der Waals surface area contributed by atoms with Crippen LogP contribution in [0, 0.1) is 5.92 Å². The SMILES string of the molecule is CCCCC(CC)C(=O)N1CCCO1. The van der Waals surface area contributed by atoms with E-state index in [0.29, 0.717) is 6.61 Å². The first-order valence-corrected chi connectivity index (χ1v) is 5.73. The summed E-state index contributed by atoms with van der Waals surface area (Å²) in [4.78, 5) is 17.1. The van der Waals surface area contributed by atoms with Gasteiger partial charge >= 0.3 is 0 Å². The Balaban J connectivity index is 2.37. The molecule has 0 spiro atoms. The number of hydrogen-bond donors (Lipinski definition) is 0. The van der Waals surface area contributed by atoms with E-state index in [1.807, 2.05) is 0 Å². The van der Waals surface area contributed by atoms with Crippen molar-refractivity contribution in [3.05, 3.63) is 0 Å². The zero-order chi connectivity index (χ0) is 10.4. The van der Waals surface area contributed by atoms with Gasteiger partial charge in [0.1, 0.15) is 0 Å². The fourth-order valence-electron chi connectivity index (χ4n) is 1.78. The molecule has 14 heavy (non-hydrogen) atoms. The van der Waals surface area contributed by atoms with Crippen molar-refractivity contribution in [2.24, 2.45) is 5.92 Å². The summed E-state index contributed by atoms with van der Waals surface area (Å²) < 4.78 is 0. The van der Waals surface area contributed by atoms with Crippen molar-refractivity contribution in [2.75, 3.05) is 13.2 Å². The molecule has 3 nitrogen and oxygen atoms in total. The van der Waals surface area contributed by atoms with Crippen LogP contribution in [-0.4, -0.2) is 24.1 Å². The molecule has 3 heteroatoms. The standard InChI is InChI=1S/C11H21NO2/c1-3-5-7-10(4-2)11(13)12-8-6-9-14-12/h10H,3-9H2,1-2H3. The average Bonchev–Trinajstić information content (AvgIpc) is 2.71. The van der Waals surface area contributed by atoms with Crippen LogP contribution >= 0.6 is 0 Å². The summed E-state index contributed by atoms with van der Waals surface area (Å²) in [6.45, 7) is 5.72. The Morgan fingerprint density at radius 3 is 2.79 bits per heavy atom. The fourth-order valence-corrected chi connectivity index (χ4v) is 1.78. The fraction of sp³-hybridized carbons (Fsp3) is 0.909. The molecule has 1 unspecified atom stereocenters. The van der Waals surface area contributed by atoms with Gasteiger partial charge in [0, 0.05) is 5.92 Å². The average molecular weight is 199 g/mol. The van der Waals surface area contributed by atoms with Gasteiger partial charge in [-0.3, -0.25) is 9.63 Å². The van der Waals surface area contributed by atoms with Gasteiger partial charge in [-0.15, -0.1) is 0 Å². The Hall–Kier alpha value is -0.570. The quantitative estimate of drug-likeness (QED) is 0.680. The molecule has 1 fully saturated rings. The molecule has 0 bridgehead atoms. The van der Waals surface area contributed by atoms with Gasteiger partial charge in [0.25, 0.3) is 0 Å². The minimum absolute atomic E-state index is 0.174. The van der Waals surface area contributed by atoms with Crippen LogP contribution in [-0.2, 0) is 9.63 Å². The van der Waals surface area contributed by atoms with Crippen molar-refractivity contribution < 1.29 is 9.63 Å². The predicted molar refractivity (Wildman–Crippen MR) is 55.6 cm³/mol. The zero-order valence-electron chi connectivity index (χ0n) is 9.29. The number of amides is 1. The molecule has 1 saturated heterocycles. The summed E-state index contributed by atoms with van der Waals surface area (Å²) >= 11 is 0. The maximum atomic E-state index is 11.9. The van der Waals surface area contributed by atoms with E-state index in [1.54, 1.807) is 5.06 Å². The summed E-state index contributed by atoms with van der Waals surface area (Å²) in [5.41, 5.74) is 0. The summed E-state index contributed by atoms with van der Waals surface area (Å²) in [6.07, 6.45) is 5.21. The summed E-state index contributed by atoms with van der Waals surface area (Å²) in [5, 5.41) is 1.56. The molecule has 0 N–H and O–H groups in total. The highest BCUT2D eigenvalue weighted by molar-refractivity contribution is 5.77. The molecule has 1 atom stereocenters. The highest BCUT2D eigenvalue weighted by atomic mass is 16.7. The van der Waals surface area contributed by atoms with Crippen molar-refractivity contribution in [3.63, 3.8) is 0 Å². The molecule has 0 aliphatic carbocycles. The molecule has 1 rings (SSSR count). The van der Waals surface area contributed by atoms with Gasteiger partial charge in [-0.05, 0) is 19.3 Å². The topological polar surface area (TPSA) is 29.5 Å². The molecule has 82 valence electrons. The number of carbonyl (C=O) groups is 1. The minimum Gasteiger partial charge on any atom is -0.272 e. The molecule has 0 aromatic heterocycles. The van der Waals surface area contributed by atoms with E-state index >= 15 is 0 Å². The number of carbonyl (C=O) groups excluding carboxylic acids is 1. The largest absolute Gasteiger partial charge is 0.272 e. The first-order valence-electron chi connectivity index (χ1n) is 5.73. The smallest absolute Gasteiger partial charge is 0.249 e. The number of rotatable bonds is 5. The molecule has 1 heterocycles. The van der Waals surface area contributed by atoms with Crippen molar-refractivity contribution in [2.45, 2.75) is 46.0 Å². The van der Waals surface area contributed by atoms with E-state index in [1.165, 1.54) is 0 Å². The van der Waals surface area contributed by atoms with E-state index in [-0.39, 0.29) is 11.8 Å². The first kappa shape index (κ1) is 11.5. The summed E-state index contributed by atoms with van der Waals surface area (Å²) in [6, 6.07) is 0. The van der Waals surface area contributed by atoms with Gasteiger partial charge in [-0.25, -0.2) is 5.06 Å². The second-order valence-electron chi connectivity index (χ2n) is 3.87. The van der Waals surface area contributed by atoms with Crippen molar-refractivity contribution in [3.8, 4) is 0 Å². The summed E-state index contributed by atoms with van der Waals surface area (Å²) in [5.74, 6) is 0.367. The van der Waals surface area contributed by atoms with Crippen molar-refractivity contribution >= 4 is 5.91 Å². The second kappa shape index (κ2) is 6.02. The monoisotopic (exact) mass is 199 g/mol. The molecule has 0 radical (unpaired) electrons. The molecule has 1 amide bonds. The van der Waals surface area contributed by atoms with Crippen LogP contribution in [0.2, 0.25) is 0 Å². The van der Waals surface area contributed by atoms with Gasteiger partial charge in [-0.1, -0.05) is 26.7 Å². The lowest BCUT2D eigenvalue weighted by Gasteiger charge is -2.20. The number of unbranched alkanes of at least 4 members (excludes halogenated alkanes) is 1. The number of hydrogen-bond acceptors (Lipinski definition) is 2. The predicted octanol–water partition coefficient (Wildman–Crippen LogP) is 2.37. The van der Waals surface area contributed by atoms with E-state index in [4.69, 9.17) is 4.84 Å². The van der Waals surface area contributed by atoms with E-state index in [0.717, 1.165) is 38.6 Å². The van der Waals surface area contributed by atoms with E-state index in [9.17, 15) is 4.79 Å². The third-order valence-corrected chi connectivity index (χ3v) is 2.75. The van der Waals surface area contributed by atoms with Crippen LogP contribution in [0.5, 0.6) is 0 Å². The Morgan fingerprint density at radius 1 is 1.50 bits per heavy atom. The van der Waals surface area contributed by atoms with Gasteiger partial charge < -0.3 is 0 Å². The molecular formula is C11H21NO2. The van der Waals surface area contributed by atoms with Gasteiger partial charge in [0.2, 0.25) is 5.91 Å². The molecule has 1 aliphatic heterocycles. The van der Waals surface area contributed by atoms with E-state index < -0.39 is 0 Å². The molecule has 0 saturated carbocycles. The second-order valence-corrected chi connectivity index (χ2v) is 3.87. The minimum atomic E-state index is 0.174. The molecule has 1 aliphatic rings. The Bertz CT molecular complexity index is 176. The lowest BCUT2D eigenvalue weighted by Crippen LogP contribution is -2.32. The molecular weight excluding hydrogens is 178 g/mol. The van der Waals surface area contributed by atoms with Crippen LogP contribution in [0.3, 0.4) is 0 Å².